The lowest BCUT2D eigenvalue weighted by Crippen LogP contribution is -2.08. The maximum Gasteiger partial charge on any atom is 0.164 e. The third-order valence-electron chi connectivity index (χ3n) is 3.20. The number of nitrogens with two attached hydrogens (primary N) is 1. The Balaban J connectivity index is 1.91. The molecule has 1 saturated carbocycles. The van der Waals surface area contributed by atoms with Crippen LogP contribution in [-0.4, -0.2) is 17.6 Å². The number of anilines is 1. The summed E-state index contributed by atoms with van der Waals surface area (Å²) in [6.45, 7) is 0.410. The quantitative estimate of drug-likeness (QED) is 0.612. The molecule has 0 atom stereocenters. The average molecular weight is 264 g/mol. The smallest absolute Gasteiger partial charge is 0.164 e. The van der Waals surface area contributed by atoms with Crippen molar-refractivity contribution >= 4 is 23.4 Å². The summed E-state index contributed by atoms with van der Waals surface area (Å²) in [7, 11) is 0. The number of rotatable bonds is 6. The van der Waals surface area contributed by atoms with Crippen LogP contribution in [0.25, 0.3) is 0 Å². The van der Waals surface area contributed by atoms with Crippen LogP contribution < -0.4 is 10.5 Å². The molecule has 1 aliphatic carbocycles. The lowest BCUT2D eigenvalue weighted by Gasteiger charge is -2.11. The van der Waals surface area contributed by atoms with Gasteiger partial charge in [-0.15, -0.1) is 0 Å². The highest BCUT2D eigenvalue weighted by Crippen LogP contribution is 2.30. The average Bonchev–Trinajstić information content (AvgIpc) is 2.90. The number of ketones is 1. The van der Waals surface area contributed by atoms with Crippen molar-refractivity contribution in [3.05, 3.63) is 29.8 Å². The number of hydrogen-bond acceptors (Lipinski definition) is 4. The number of hydrogen-bond donors (Lipinski definition) is 2. The molecule has 18 heavy (non-hydrogen) atoms. The molecule has 0 radical (unpaired) electrons. The molecule has 2 rings (SSSR count). The molecule has 0 aromatic heterocycles. The molecule has 98 valence electrons. The Kier molecular flexibility index (Phi) is 5.08. The number of carbonyl (C=O) groups excluding carboxylic acids is 1. The van der Waals surface area contributed by atoms with Crippen molar-refractivity contribution in [3.63, 3.8) is 0 Å². The van der Waals surface area contributed by atoms with E-state index in [2.05, 4.69) is 4.72 Å². The van der Waals surface area contributed by atoms with Gasteiger partial charge in [-0.3, -0.25) is 4.79 Å². The molecule has 0 spiro atoms. The molecule has 1 aliphatic rings. The van der Waals surface area contributed by atoms with Crippen molar-refractivity contribution in [2.45, 2.75) is 37.4 Å². The zero-order valence-electron chi connectivity index (χ0n) is 10.5. The second kappa shape index (κ2) is 6.81. The second-order valence-electron chi connectivity index (χ2n) is 4.67. The first-order valence-electron chi connectivity index (χ1n) is 6.54. The lowest BCUT2D eigenvalue weighted by atomic mass is 10.1. The van der Waals surface area contributed by atoms with E-state index in [1.165, 1.54) is 25.7 Å². The van der Waals surface area contributed by atoms with E-state index in [0.717, 1.165) is 11.3 Å². The molecule has 1 fully saturated rings. The summed E-state index contributed by atoms with van der Waals surface area (Å²) in [5.41, 5.74) is 7.16. The Labute approximate surface area is 113 Å². The molecule has 0 amide bonds. The first-order valence-corrected chi connectivity index (χ1v) is 7.42. The number of nitrogens with one attached hydrogen (secondary N) is 1. The summed E-state index contributed by atoms with van der Waals surface area (Å²) >= 11 is 1.78. The monoisotopic (exact) mass is 264 g/mol. The van der Waals surface area contributed by atoms with Crippen LogP contribution in [0.15, 0.2) is 24.3 Å². The number of benzene rings is 1. The Morgan fingerprint density at radius 1 is 1.39 bits per heavy atom. The molecular formula is C14H20N2OS. The van der Waals surface area contributed by atoms with Gasteiger partial charge in [-0.25, -0.2) is 0 Å². The van der Waals surface area contributed by atoms with Gasteiger partial charge in [0, 0.05) is 22.9 Å². The molecule has 4 heteroatoms. The molecule has 3 nitrogen and oxygen atoms in total. The van der Waals surface area contributed by atoms with Crippen LogP contribution in [-0.2, 0) is 0 Å². The van der Waals surface area contributed by atoms with Crippen molar-refractivity contribution in [3.8, 4) is 0 Å². The first-order chi connectivity index (χ1) is 8.79. The normalized spacial score (nSPS) is 15.8. The van der Waals surface area contributed by atoms with Gasteiger partial charge in [0.15, 0.2) is 5.78 Å². The summed E-state index contributed by atoms with van der Waals surface area (Å²) in [4.78, 5) is 11.7. The van der Waals surface area contributed by atoms with Crippen LogP contribution >= 0.6 is 11.9 Å². The second-order valence-corrected chi connectivity index (χ2v) is 5.78. The van der Waals surface area contributed by atoms with Crippen molar-refractivity contribution in [2.24, 2.45) is 5.73 Å². The van der Waals surface area contributed by atoms with E-state index in [9.17, 15) is 4.79 Å². The zero-order chi connectivity index (χ0) is 12.8. The minimum absolute atomic E-state index is 0.118. The molecule has 1 aromatic rings. The van der Waals surface area contributed by atoms with E-state index in [1.807, 2.05) is 24.3 Å². The largest absolute Gasteiger partial charge is 0.330 e. The highest BCUT2D eigenvalue weighted by molar-refractivity contribution is 8.01. The fraction of sp³-hybridized carbons (Fsp3) is 0.500. The van der Waals surface area contributed by atoms with E-state index >= 15 is 0 Å². The van der Waals surface area contributed by atoms with Crippen molar-refractivity contribution in [1.82, 2.24) is 0 Å². The van der Waals surface area contributed by atoms with Gasteiger partial charge in [0.25, 0.3) is 0 Å². The standard InChI is InChI=1S/C14H20N2OS/c15-9-8-14(17)11-4-3-5-12(10-11)16-18-13-6-1-2-7-13/h3-5,10,13,16H,1-2,6-9,15H2. The van der Waals surface area contributed by atoms with Gasteiger partial charge < -0.3 is 10.5 Å². The topological polar surface area (TPSA) is 55.1 Å². The van der Waals surface area contributed by atoms with E-state index in [-0.39, 0.29) is 5.78 Å². The van der Waals surface area contributed by atoms with E-state index < -0.39 is 0 Å². The Morgan fingerprint density at radius 3 is 2.89 bits per heavy atom. The third kappa shape index (κ3) is 3.75. The third-order valence-corrected chi connectivity index (χ3v) is 4.36. The minimum atomic E-state index is 0.118. The van der Waals surface area contributed by atoms with Gasteiger partial charge in [-0.1, -0.05) is 25.0 Å². The minimum Gasteiger partial charge on any atom is -0.330 e. The SMILES string of the molecule is NCCC(=O)c1cccc(NSC2CCCC2)c1. The zero-order valence-corrected chi connectivity index (χ0v) is 11.3. The van der Waals surface area contributed by atoms with E-state index in [0.29, 0.717) is 18.2 Å². The van der Waals surface area contributed by atoms with Crippen LogP contribution in [0.5, 0.6) is 0 Å². The van der Waals surface area contributed by atoms with Gasteiger partial charge in [-0.05, 0) is 43.5 Å². The Hall–Kier alpha value is -1.00. The van der Waals surface area contributed by atoms with Gasteiger partial charge in [0.05, 0.1) is 0 Å². The van der Waals surface area contributed by atoms with Crippen LogP contribution in [0.4, 0.5) is 5.69 Å². The maximum atomic E-state index is 11.7. The maximum absolute atomic E-state index is 11.7. The van der Waals surface area contributed by atoms with Gasteiger partial charge >= 0.3 is 0 Å². The molecule has 0 saturated heterocycles. The Morgan fingerprint density at radius 2 is 2.17 bits per heavy atom. The summed E-state index contributed by atoms with van der Waals surface area (Å²) in [5.74, 6) is 0.118. The van der Waals surface area contributed by atoms with Gasteiger partial charge in [0.2, 0.25) is 0 Å². The molecule has 0 unspecified atom stereocenters. The predicted molar refractivity (Wildman–Crippen MR) is 77.9 cm³/mol. The van der Waals surface area contributed by atoms with Gasteiger partial charge in [0.1, 0.15) is 0 Å². The summed E-state index contributed by atoms with van der Waals surface area (Å²) in [6, 6.07) is 7.69. The number of carbonyl (C=O) groups is 1. The number of Topliss-reactive ketones (excluding diaryl/α,β-unsaturated/α-hetero) is 1. The molecule has 3 N–H and O–H groups in total. The molecular weight excluding hydrogens is 244 g/mol. The summed E-state index contributed by atoms with van der Waals surface area (Å²) < 4.78 is 3.36. The molecule has 0 bridgehead atoms. The van der Waals surface area contributed by atoms with E-state index in [1.54, 1.807) is 11.9 Å². The van der Waals surface area contributed by atoms with Crippen LogP contribution in [0.1, 0.15) is 42.5 Å². The Bertz CT molecular complexity index is 403. The molecule has 0 aliphatic heterocycles. The molecule has 0 heterocycles. The molecule has 1 aromatic carbocycles. The van der Waals surface area contributed by atoms with E-state index in [4.69, 9.17) is 5.73 Å². The fourth-order valence-corrected chi connectivity index (χ4v) is 3.19. The van der Waals surface area contributed by atoms with Crippen LogP contribution in [0.2, 0.25) is 0 Å². The summed E-state index contributed by atoms with van der Waals surface area (Å²) in [6.07, 6.45) is 5.69. The highest BCUT2D eigenvalue weighted by atomic mass is 32.2. The fourth-order valence-electron chi connectivity index (χ4n) is 2.19. The van der Waals surface area contributed by atoms with Crippen molar-refractivity contribution in [2.75, 3.05) is 11.3 Å². The van der Waals surface area contributed by atoms with Crippen LogP contribution in [0, 0.1) is 0 Å². The van der Waals surface area contributed by atoms with Gasteiger partial charge in [-0.2, -0.15) is 0 Å². The predicted octanol–water partition coefficient (Wildman–Crippen LogP) is 3.22. The van der Waals surface area contributed by atoms with Crippen LogP contribution in [0.3, 0.4) is 0 Å². The lowest BCUT2D eigenvalue weighted by molar-refractivity contribution is 0.0985. The highest BCUT2D eigenvalue weighted by Gasteiger charge is 2.15. The van der Waals surface area contributed by atoms with Crippen molar-refractivity contribution in [1.29, 1.82) is 0 Å². The summed E-state index contributed by atoms with van der Waals surface area (Å²) in [5, 5.41) is 0.716. The van der Waals surface area contributed by atoms with Crippen molar-refractivity contribution < 1.29 is 4.79 Å². The first kappa shape index (κ1) is 13.4.